The number of nitrogens with zero attached hydrogens (tertiary/aromatic N) is 6. The number of aromatic nitrogens is 4. The van der Waals surface area contributed by atoms with Crippen molar-refractivity contribution in [3.05, 3.63) is 59.0 Å². The Morgan fingerprint density at radius 3 is 2.52 bits per heavy atom. The fourth-order valence-electron chi connectivity index (χ4n) is 2.62. The Morgan fingerprint density at radius 2 is 1.96 bits per heavy atom. The summed E-state index contributed by atoms with van der Waals surface area (Å²) in [7, 11) is 5.41. The summed E-state index contributed by atoms with van der Waals surface area (Å²) in [6, 6.07) is 8.66. The van der Waals surface area contributed by atoms with Crippen molar-refractivity contribution in [3.8, 4) is 17.5 Å². The second-order valence-electron chi connectivity index (χ2n) is 6.23. The van der Waals surface area contributed by atoms with E-state index in [-0.39, 0.29) is 5.78 Å². The van der Waals surface area contributed by atoms with Crippen LogP contribution in [0.25, 0.3) is 11.4 Å². The van der Waals surface area contributed by atoms with Gasteiger partial charge in [0.2, 0.25) is 5.78 Å². The first-order valence-electron chi connectivity index (χ1n) is 8.26. The molecule has 2 aromatic heterocycles. The molecule has 0 spiro atoms. The van der Waals surface area contributed by atoms with E-state index in [9.17, 15) is 10.1 Å². The van der Waals surface area contributed by atoms with Crippen molar-refractivity contribution < 1.29 is 4.79 Å². The molecule has 0 amide bonds. The van der Waals surface area contributed by atoms with Crippen molar-refractivity contribution in [3.63, 3.8) is 0 Å². The second kappa shape index (κ2) is 7.35. The van der Waals surface area contributed by atoms with E-state index in [1.54, 1.807) is 43.7 Å². The maximum absolute atomic E-state index is 13.2. The van der Waals surface area contributed by atoms with Gasteiger partial charge in [-0.25, -0.2) is 9.97 Å². The van der Waals surface area contributed by atoms with E-state index in [4.69, 9.17) is 5.73 Å². The molecule has 8 heteroatoms. The summed E-state index contributed by atoms with van der Waals surface area (Å²) >= 11 is 0. The summed E-state index contributed by atoms with van der Waals surface area (Å²) in [6.45, 7) is 0.335. The third-order valence-electron chi connectivity index (χ3n) is 4.13. The maximum atomic E-state index is 13.2. The van der Waals surface area contributed by atoms with E-state index >= 15 is 0 Å². The first-order valence-corrected chi connectivity index (χ1v) is 8.26. The zero-order chi connectivity index (χ0) is 19.6. The third-order valence-corrected chi connectivity index (χ3v) is 4.13. The van der Waals surface area contributed by atoms with Crippen molar-refractivity contribution in [2.24, 2.45) is 12.8 Å². The van der Waals surface area contributed by atoms with Crippen LogP contribution in [-0.4, -0.2) is 39.6 Å². The Hall–Kier alpha value is -3.57. The average Bonchev–Trinajstić information content (AvgIpc) is 3.09. The minimum atomic E-state index is -0.253. The van der Waals surface area contributed by atoms with Gasteiger partial charge in [0.05, 0.1) is 11.6 Å². The van der Waals surface area contributed by atoms with Gasteiger partial charge in [-0.15, -0.1) is 0 Å². The molecule has 0 saturated carbocycles. The SMILES string of the molecule is CN(C)c1cc(C(=O)c2cc(C#N)ccc2-c2ncc(CN)cn2)n(C)n1. The molecule has 136 valence electrons. The molecule has 0 radical (unpaired) electrons. The molecule has 8 nitrogen and oxygen atoms in total. The summed E-state index contributed by atoms with van der Waals surface area (Å²) in [5.41, 5.74) is 8.08. The van der Waals surface area contributed by atoms with Gasteiger partial charge in [0, 0.05) is 62.8 Å². The predicted molar refractivity (Wildman–Crippen MR) is 101 cm³/mol. The summed E-state index contributed by atoms with van der Waals surface area (Å²) < 4.78 is 1.53. The number of nitriles is 1. The van der Waals surface area contributed by atoms with Gasteiger partial charge >= 0.3 is 0 Å². The van der Waals surface area contributed by atoms with E-state index in [0.29, 0.717) is 40.6 Å². The van der Waals surface area contributed by atoms with Crippen LogP contribution in [0.5, 0.6) is 0 Å². The molecule has 1 aromatic carbocycles. The molecule has 2 N–H and O–H groups in total. The third kappa shape index (κ3) is 3.54. The van der Waals surface area contributed by atoms with Crippen molar-refractivity contribution in [2.45, 2.75) is 6.54 Å². The van der Waals surface area contributed by atoms with Crippen LogP contribution in [0.3, 0.4) is 0 Å². The molecule has 0 aliphatic rings. The van der Waals surface area contributed by atoms with E-state index in [1.807, 2.05) is 19.0 Å². The molecule has 0 unspecified atom stereocenters. The standard InChI is InChI=1S/C19H19N7O/c1-25(2)17-7-16(26(3)24-17)18(27)15-6-12(8-20)4-5-14(15)19-22-10-13(9-21)11-23-19/h4-7,10-11H,9,21H2,1-3H3. The molecule has 0 atom stereocenters. The van der Waals surface area contributed by atoms with Gasteiger partial charge in [0.1, 0.15) is 5.69 Å². The fraction of sp³-hybridized carbons (Fsp3) is 0.211. The Morgan fingerprint density at radius 1 is 1.26 bits per heavy atom. The molecular weight excluding hydrogens is 342 g/mol. The first kappa shape index (κ1) is 18.2. The number of benzene rings is 1. The normalized spacial score (nSPS) is 10.5. The molecule has 2 heterocycles. The van der Waals surface area contributed by atoms with Crippen LogP contribution in [0.4, 0.5) is 5.82 Å². The van der Waals surface area contributed by atoms with Crippen molar-refractivity contribution in [1.29, 1.82) is 5.26 Å². The van der Waals surface area contributed by atoms with E-state index < -0.39 is 0 Å². The predicted octanol–water partition coefficient (Wildman–Crippen LogP) is 1.50. The highest BCUT2D eigenvalue weighted by Crippen LogP contribution is 2.25. The Balaban J connectivity index is 2.13. The summed E-state index contributed by atoms with van der Waals surface area (Å²) in [5, 5.41) is 13.6. The lowest BCUT2D eigenvalue weighted by atomic mass is 9.98. The zero-order valence-electron chi connectivity index (χ0n) is 15.3. The van der Waals surface area contributed by atoms with Crippen LogP contribution in [0.15, 0.2) is 36.7 Å². The largest absolute Gasteiger partial charge is 0.361 e. The number of anilines is 1. The first-order chi connectivity index (χ1) is 12.9. The zero-order valence-corrected chi connectivity index (χ0v) is 15.3. The van der Waals surface area contributed by atoms with Gasteiger partial charge in [-0.3, -0.25) is 9.48 Å². The van der Waals surface area contributed by atoms with E-state index in [1.165, 1.54) is 4.68 Å². The lowest BCUT2D eigenvalue weighted by Gasteiger charge is -2.09. The number of hydrogen-bond donors (Lipinski definition) is 1. The Labute approximate surface area is 156 Å². The smallest absolute Gasteiger partial charge is 0.211 e. The van der Waals surface area contributed by atoms with Gasteiger partial charge in [-0.05, 0) is 18.2 Å². The number of hydrogen-bond acceptors (Lipinski definition) is 7. The van der Waals surface area contributed by atoms with Gasteiger partial charge in [-0.1, -0.05) is 0 Å². The van der Waals surface area contributed by atoms with Crippen molar-refractivity contribution in [2.75, 3.05) is 19.0 Å². The molecule has 3 aromatic rings. The van der Waals surface area contributed by atoms with Gasteiger partial charge in [0.25, 0.3) is 0 Å². The Kier molecular flexibility index (Phi) is 4.96. The summed E-state index contributed by atoms with van der Waals surface area (Å²) in [6.07, 6.45) is 3.26. The highest BCUT2D eigenvalue weighted by molar-refractivity contribution is 6.12. The van der Waals surface area contributed by atoms with Gasteiger partial charge in [0.15, 0.2) is 11.6 Å². The van der Waals surface area contributed by atoms with Crippen LogP contribution in [-0.2, 0) is 13.6 Å². The highest BCUT2D eigenvalue weighted by Gasteiger charge is 2.21. The molecule has 0 aliphatic carbocycles. The lowest BCUT2D eigenvalue weighted by Crippen LogP contribution is -2.11. The number of aryl methyl sites for hydroxylation is 1. The van der Waals surface area contributed by atoms with E-state index in [0.717, 1.165) is 5.56 Å². The molecule has 27 heavy (non-hydrogen) atoms. The van der Waals surface area contributed by atoms with Crippen LogP contribution >= 0.6 is 0 Å². The number of carbonyl (C=O) groups excluding carboxylic acids is 1. The van der Waals surface area contributed by atoms with Crippen molar-refractivity contribution >= 4 is 11.6 Å². The minimum absolute atomic E-state index is 0.253. The monoisotopic (exact) mass is 361 g/mol. The summed E-state index contributed by atoms with van der Waals surface area (Å²) in [4.78, 5) is 23.7. The van der Waals surface area contributed by atoms with Crippen LogP contribution in [0.1, 0.15) is 27.2 Å². The summed E-state index contributed by atoms with van der Waals surface area (Å²) in [5.74, 6) is 0.814. The highest BCUT2D eigenvalue weighted by atomic mass is 16.1. The van der Waals surface area contributed by atoms with Gasteiger partial charge < -0.3 is 10.6 Å². The topological polar surface area (TPSA) is 114 Å². The quantitative estimate of drug-likeness (QED) is 0.685. The van der Waals surface area contributed by atoms with E-state index in [2.05, 4.69) is 21.1 Å². The van der Waals surface area contributed by atoms with Crippen molar-refractivity contribution in [1.82, 2.24) is 19.7 Å². The maximum Gasteiger partial charge on any atom is 0.211 e. The number of carbonyl (C=O) groups is 1. The minimum Gasteiger partial charge on any atom is -0.361 e. The van der Waals surface area contributed by atoms with Crippen LogP contribution in [0.2, 0.25) is 0 Å². The van der Waals surface area contributed by atoms with Crippen LogP contribution < -0.4 is 10.6 Å². The second-order valence-corrected chi connectivity index (χ2v) is 6.23. The fourth-order valence-corrected chi connectivity index (χ4v) is 2.62. The molecular formula is C19H19N7O. The number of ketones is 1. The number of rotatable bonds is 5. The number of nitrogens with two attached hydrogens (primary N) is 1. The molecule has 0 fully saturated rings. The lowest BCUT2D eigenvalue weighted by molar-refractivity contribution is 0.103. The van der Waals surface area contributed by atoms with Gasteiger partial charge in [-0.2, -0.15) is 10.4 Å². The average molecular weight is 361 g/mol. The Bertz CT molecular complexity index is 1030. The molecule has 0 saturated heterocycles. The molecule has 0 aliphatic heterocycles. The molecule has 0 bridgehead atoms. The molecule has 3 rings (SSSR count). The van der Waals surface area contributed by atoms with Crippen LogP contribution in [0, 0.1) is 11.3 Å².